The van der Waals surface area contributed by atoms with Crippen molar-refractivity contribution in [3.8, 4) is 5.75 Å². The Morgan fingerprint density at radius 3 is 2.95 bits per heavy atom. The summed E-state index contributed by atoms with van der Waals surface area (Å²) in [6, 6.07) is 7.04. The highest BCUT2D eigenvalue weighted by molar-refractivity contribution is 5.61. The van der Waals surface area contributed by atoms with Crippen molar-refractivity contribution in [2.45, 2.75) is 12.8 Å². The maximum Gasteiger partial charge on any atom is 0.137 e. The van der Waals surface area contributed by atoms with Crippen LogP contribution >= 0.6 is 0 Å². The van der Waals surface area contributed by atoms with Crippen molar-refractivity contribution in [1.29, 1.82) is 0 Å². The second kappa shape index (κ2) is 5.24. The van der Waals surface area contributed by atoms with E-state index in [-0.39, 0.29) is 5.75 Å². The van der Waals surface area contributed by atoms with Crippen LogP contribution in [0.1, 0.15) is 11.3 Å². The summed E-state index contributed by atoms with van der Waals surface area (Å²) in [5, 5.41) is 16.1. The number of nitrogens with one attached hydrogen (secondary N) is 2. The van der Waals surface area contributed by atoms with Crippen LogP contribution in [-0.4, -0.2) is 28.2 Å². The Labute approximate surface area is 111 Å². The predicted molar refractivity (Wildman–Crippen MR) is 73.7 cm³/mol. The third kappa shape index (κ3) is 2.66. The first kappa shape index (κ1) is 11.9. The number of nitrogens with zero attached hydrogens (tertiary/aromatic N) is 2. The van der Waals surface area contributed by atoms with Gasteiger partial charge in [-0.1, -0.05) is 6.07 Å². The van der Waals surface area contributed by atoms with Crippen LogP contribution in [0.25, 0.3) is 0 Å². The number of phenolic OH excluding ortho intramolecular Hbond substituents is 1. The van der Waals surface area contributed by atoms with Gasteiger partial charge in [-0.2, -0.15) is 0 Å². The Bertz CT molecular complexity index is 585. The molecule has 2 heterocycles. The zero-order valence-corrected chi connectivity index (χ0v) is 10.6. The topological polar surface area (TPSA) is 70.1 Å². The molecule has 0 aliphatic carbocycles. The molecule has 0 spiro atoms. The normalized spacial score (nSPS) is 14.5. The zero-order chi connectivity index (χ0) is 13.1. The molecule has 3 rings (SSSR count). The molecule has 19 heavy (non-hydrogen) atoms. The molecule has 0 bridgehead atoms. The highest BCUT2D eigenvalue weighted by Crippen LogP contribution is 2.24. The summed E-state index contributed by atoms with van der Waals surface area (Å²) in [6.07, 6.45) is 3.43. The summed E-state index contributed by atoms with van der Waals surface area (Å²) < 4.78 is 0. The first-order valence-electron chi connectivity index (χ1n) is 6.42. The monoisotopic (exact) mass is 256 g/mol. The third-order valence-corrected chi connectivity index (χ3v) is 3.23. The van der Waals surface area contributed by atoms with Crippen LogP contribution in [0, 0.1) is 0 Å². The lowest BCUT2D eigenvalue weighted by Gasteiger charge is -2.12. The molecule has 5 heteroatoms. The summed E-state index contributed by atoms with van der Waals surface area (Å²) in [5.74, 6) is 1.08. The summed E-state index contributed by atoms with van der Waals surface area (Å²) in [5.41, 5.74) is 3.09. The van der Waals surface area contributed by atoms with Crippen molar-refractivity contribution in [1.82, 2.24) is 15.3 Å². The van der Waals surface area contributed by atoms with Crippen LogP contribution in [0.2, 0.25) is 0 Å². The largest absolute Gasteiger partial charge is 0.508 e. The third-order valence-electron chi connectivity index (χ3n) is 3.23. The molecule has 0 fully saturated rings. The van der Waals surface area contributed by atoms with Crippen molar-refractivity contribution in [2.75, 3.05) is 18.4 Å². The van der Waals surface area contributed by atoms with Gasteiger partial charge in [-0.3, -0.25) is 0 Å². The lowest BCUT2D eigenvalue weighted by atomic mass is 10.1. The highest BCUT2D eigenvalue weighted by atomic mass is 16.3. The maximum absolute atomic E-state index is 9.49. The van der Waals surface area contributed by atoms with E-state index in [1.807, 2.05) is 6.07 Å². The Hall–Kier alpha value is -2.14. The average Bonchev–Trinajstić information content (AvgIpc) is 2.65. The average molecular weight is 256 g/mol. The smallest absolute Gasteiger partial charge is 0.137 e. The number of benzene rings is 1. The first-order valence-corrected chi connectivity index (χ1v) is 6.42. The van der Waals surface area contributed by atoms with E-state index in [1.165, 1.54) is 0 Å². The molecule has 0 atom stereocenters. The van der Waals surface area contributed by atoms with Gasteiger partial charge in [0.25, 0.3) is 0 Å². The first-order chi connectivity index (χ1) is 9.33. The molecule has 0 radical (unpaired) electrons. The fraction of sp³-hybridized carbons (Fsp3) is 0.286. The minimum atomic E-state index is 0.242. The summed E-state index contributed by atoms with van der Waals surface area (Å²) in [7, 11) is 0. The summed E-state index contributed by atoms with van der Waals surface area (Å²) in [6.45, 7) is 1.89. The van der Waals surface area contributed by atoms with Crippen molar-refractivity contribution < 1.29 is 5.11 Å². The Morgan fingerprint density at radius 2 is 2.05 bits per heavy atom. The second-order valence-corrected chi connectivity index (χ2v) is 4.57. The molecule has 1 aromatic heterocycles. The van der Waals surface area contributed by atoms with Gasteiger partial charge in [-0.25, -0.2) is 9.97 Å². The summed E-state index contributed by atoms with van der Waals surface area (Å²) >= 11 is 0. The number of phenols is 1. The number of anilines is 2. The van der Waals surface area contributed by atoms with E-state index in [0.29, 0.717) is 0 Å². The van der Waals surface area contributed by atoms with Crippen molar-refractivity contribution in [3.63, 3.8) is 0 Å². The van der Waals surface area contributed by atoms with Crippen LogP contribution < -0.4 is 10.6 Å². The number of hydrogen-bond acceptors (Lipinski definition) is 5. The molecule has 2 aromatic rings. The quantitative estimate of drug-likeness (QED) is 0.761. The van der Waals surface area contributed by atoms with Gasteiger partial charge in [-0.05, 0) is 25.1 Å². The molecule has 1 aliphatic rings. The van der Waals surface area contributed by atoms with Gasteiger partial charge in [-0.15, -0.1) is 0 Å². The molecule has 1 aliphatic heterocycles. The van der Waals surface area contributed by atoms with Crippen molar-refractivity contribution in [3.05, 3.63) is 41.9 Å². The molecule has 5 nitrogen and oxygen atoms in total. The van der Waals surface area contributed by atoms with Crippen LogP contribution in [0.15, 0.2) is 30.6 Å². The standard InChI is InChI=1S/C14H16N4O/c19-11-3-1-2-10(8-11)18-14-12-4-6-15-7-5-13(12)16-9-17-14/h1-3,8-9,15,19H,4-7H2,(H,16,17,18). The minimum Gasteiger partial charge on any atom is -0.508 e. The molecule has 1 aromatic carbocycles. The minimum absolute atomic E-state index is 0.242. The van der Waals surface area contributed by atoms with Gasteiger partial charge < -0.3 is 15.7 Å². The van der Waals surface area contributed by atoms with Gasteiger partial charge in [0.1, 0.15) is 17.9 Å². The van der Waals surface area contributed by atoms with E-state index in [4.69, 9.17) is 0 Å². The summed E-state index contributed by atoms with van der Waals surface area (Å²) in [4.78, 5) is 8.69. The number of rotatable bonds is 2. The van der Waals surface area contributed by atoms with Gasteiger partial charge in [0.2, 0.25) is 0 Å². The molecule has 3 N–H and O–H groups in total. The fourth-order valence-corrected chi connectivity index (χ4v) is 2.30. The second-order valence-electron chi connectivity index (χ2n) is 4.57. The number of hydrogen-bond donors (Lipinski definition) is 3. The van der Waals surface area contributed by atoms with Crippen LogP contribution in [-0.2, 0) is 12.8 Å². The van der Waals surface area contributed by atoms with Crippen molar-refractivity contribution >= 4 is 11.5 Å². The van der Waals surface area contributed by atoms with E-state index >= 15 is 0 Å². The SMILES string of the molecule is Oc1cccc(Nc2ncnc3c2CCNCC3)c1. The van der Waals surface area contributed by atoms with Crippen LogP contribution in [0.3, 0.4) is 0 Å². The molecule has 0 saturated carbocycles. The lowest BCUT2D eigenvalue weighted by Crippen LogP contribution is -2.16. The van der Waals surface area contributed by atoms with E-state index in [2.05, 4.69) is 20.6 Å². The van der Waals surface area contributed by atoms with Crippen LogP contribution in [0.4, 0.5) is 11.5 Å². The number of fused-ring (bicyclic) bond motifs is 1. The van der Waals surface area contributed by atoms with E-state index in [1.54, 1.807) is 24.5 Å². The molecule has 0 saturated heterocycles. The predicted octanol–water partition coefficient (Wildman–Crippen LogP) is 1.61. The van der Waals surface area contributed by atoms with Gasteiger partial charge >= 0.3 is 0 Å². The van der Waals surface area contributed by atoms with E-state index in [9.17, 15) is 5.11 Å². The van der Waals surface area contributed by atoms with Gasteiger partial charge in [0, 0.05) is 30.3 Å². The molecular formula is C14H16N4O. The molecule has 0 unspecified atom stereocenters. The van der Waals surface area contributed by atoms with E-state index < -0.39 is 0 Å². The Morgan fingerprint density at radius 1 is 1.16 bits per heavy atom. The number of aromatic nitrogens is 2. The highest BCUT2D eigenvalue weighted by Gasteiger charge is 2.14. The molecule has 98 valence electrons. The fourth-order valence-electron chi connectivity index (χ4n) is 2.30. The maximum atomic E-state index is 9.49. The lowest BCUT2D eigenvalue weighted by molar-refractivity contribution is 0.475. The molecular weight excluding hydrogens is 240 g/mol. The van der Waals surface area contributed by atoms with Gasteiger partial charge in [0.05, 0.1) is 5.69 Å². The van der Waals surface area contributed by atoms with Crippen LogP contribution in [0.5, 0.6) is 5.75 Å². The Balaban J connectivity index is 1.93. The van der Waals surface area contributed by atoms with E-state index in [0.717, 1.165) is 48.7 Å². The number of aromatic hydroxyl groups is 1. The van der Waals surface area contributed by atoms with Crippen molar-refractivity contribution in [2.24, 2.45) is 0 Å². The zero-order valence-electron chi connectivity index (χ0n) is 10.6. The van der Waals surface area contributed by atoms with Gasteiger partial charge in [0.15, 0.2) is 0 Å². The molecule has 0 amide bonds. The Kier molecular flexibility index (Phi) is 3.29.